The van der Waals surface area contributed by atoms with E-state index in [2.05, 4.69) is 154 Å². The topological polar surface area (TPSA) is 78.9 Å². The largest absolute Gasteiger partial charge is 0.462 e. The van der Waals surface area contributed by atoms with Gasteiger partial charge in [0, 0.05) is 19.3 Å². The number of ether oxygens (including phenoxy) is 3. The number of unbranched alkanes of at least 4 members (excludes halogenated alkanes) is 29. The number of hydrogen-bond acceptors (Lipinski definition) is 6. The van der Waals surface area contributed by atoms with E-state index in [9.17, 15) is 14.4 Å². The van der Waals surface area contributed by atoms with Crippen molar-refractivity contribution in [3.63, 3.8) is 0 Å². The molecule has 0 aromatic heterocycles. The highest BCUT2D eigenvalue weighted by Gasteiger charge is 2.19. The van der Waals surface area contributed by atoms with E-state index in [4.69, 9.17) is 14.2 Å². The minimum Gasteiger partial charge on any atom is -0.462 e. The standard InChI is InChI=1S/C77H128O6/c1-4-7-10-13-16-19-22-25-28-31-34-35-36-37-38-39-40-41-44-46-49-52-55-58-61-64-67-70-76(79)82-73-74(83-77(80)71-68-65-62-59-56-53-50-47-43-33-30-27-24-21-18-15-12-9-6-3)72-81-75(78)69-66-63-60-57-54-51-48-45-42-32-29-26-23-20-17-14-11-8-5-2/h7,10,16,18-19,21,25-30,34-35,37-38,40-41,46,49,55,58,74H,4-6,8-9,11-15,17,20,22-24,31-33,36,39,42-45,47-48,50-54,56-57,59-73H2,1-3H3/b10-7-,19-16-,21-18-,28-25-,29-26-,30-27-,35-34-,38-37-,41-40-,49-46-,58-55-. The SMILES string of the molecule is CC/C=C\C/C=C\C/C=C\C/C=C\C/C=C\C/C=C\C/C=C\C/C=C\CCCCC(=O)OCC(COC(=O)CCCCCCCCCCC/C=C\CCCCCCCC)OC(=O)CCCCCCCCCCC/C=C\C/C=C\CCCCC. The Balaban J connectivity index is 4.48. The van der Waals surface area contributed by atoms with Gasteiger partial charge in [-0.05, 0) is 141 Å². The van der Waals surface area contributed by atoms with Crippen molar-refractivity contribution in [3.05, 3.63) is 134 Å². The maximum atomic E-state index is 13.0. The highest BCUT2D eigenvalue weighted by Crippen LogP contribution is 2.16. The Morgan fingerprint density at radius 1 is 0.253 bits per heavy atom. The second kappa shape index (κ2) is 70.0. The van der Waals surface area contributed by atoms with Crippen molar-refractivity contribution < 1.29 is 28.6 Å². The molecular formula is C77H128O6. The maximum absolute atomic E-state index is 13.0. The van der Waals surface area contributed by atoms with Crippen molar-refractivity contribution in [2.45, 2.75) is 322 Å². The van der Waals surface area contributed by atoms with Gasteiger partial charge in [-0.15, -0.1) is 0 Å². The molecule has 6 heteroatoms. The molecule has 1 unspecified atom stereocenters. The summed E-state index contributed by atoms with van der Waals surface area (Å²) in [6.45, 7) is 6.48. The number of allylic oxidation sites excluding steroid dienone is 22. The van der Waals surface area contributed by atoms with Gasteiger partial charge < -0.3 is 14.2 Å². The van der Waals surface area contributed by atoms with E-state index < -0.39 is 6.10 Å². The third kappa shape index (κ3) is 68.2. The summed E-state index contributed by atoms with van der Waals surface area (Å²) in [7, 11) is 0. The summed E-state index contributed by atoms with van der Waals surface area (Å²) in [6, 6.07) is 0. The van der Waals surface area contributed by atoms with Crippen LogP contribution in [0.15, 0.2) is 134 Å². The lowest BCUT2D eigenvalue weighted by Gasteiger charge is -2.18. The summed E-state index contributed by atoms with van der Waals surface area (Å²) in [6.07, 6.45) is 98.9. The molecule has 0 saturated carbocycles. The van der Waals surface area contributed by atoms with E-state index in [0.29, 0.717) is 25.7 Å². The first kappa shape index (κ1) is 78.5. The van der Waals surface area contributed by atoms with Crippen molar-refractivity contribution in [3.8, 4) is 0 Å². The van der Waals surface area contributed by atoms with Crippen molar-refractivity contribution in [1.29, 1.82) is 0 Å². The van der Waals surface area contributed by atoms with E-state index in [-0.39, 0.29) is 31.1 Å². The van der Waals surface area contributed by atoms with Crippen LogP contribution in [0.2, 0.25) is 0 Å². The normalized spacial score (nSPS) is 13.0. The summed E-state index contributed by atoms with van der Waals surface area (Å²) in [5.74, 6) is -0.941. The Kier molecular flexibility index (Phi) is 66.3. The van der Waals surface area contributed by atoms with Gasteiger partial charge >= 0.3 is 17.9 Å². The molecule has 0 spiro atoms. The van der Waals surface area contributed by atoms with Gasteiger partial charge in [0.1, 0.15) is 13.2 Å². The zero-order chi connectivity index (χ0) is 59.9. The number of carbonyl (C=O) groups excluding carboxylic acids is 3. The first-order valence-electron chi connectivity index (χ1n) is 34.7. The van der Waals surface area contributed by atoms with Crippen LogP contribution in [0.1, 0.15) is 316 Å². The fourth-order valence-corrected chi connectivity index (χ4v) is 9.43. The summed E-state index contributed by atoms with van der Waals surface area (Å²) >= 11 is 0. The van der Waals surface area contributed by atoms with Gasteiger partial charge in [0.25, 0.3) is 0 Å². The predicted molar refractivity (Wildman–Crippen MR) is 362 cm³/mol. The Morgan fingerprint density at radius 3 is 0.795 bits per heavy atom. The van der Waals surface area contributed by atoms with Crippen molar-refractivity contribution >= 4 is 17.9 Å². The summed E-state index contributed by atoms with van der Waals surface area (Å²) in [5.41, 5.74) is 0. The van der Waals surface area contributed by atoms with E-state index in [0.717, 1.165) is 109 Å². The van der Waals surface area contributed by atoms with Crippen LogP contribution in [0.4, 0.5) is 0 Å². The first-order chi connectivity index (χ1) is 41.0. The van der Waals surface area contributed by atoms with Gasteiger partial charge in [-0.25, -0.2) is 0 Å². The van der Waals surface area contributed by atoms with Crippen LogP contribution >= 0.6 is 0 Å². The second-order valence-electron chi connectivity index (χ2n) is 22.7. The summed E-state index contributed by atoms with van der Waals surface area (Å²) in [4.78, 5) is 38.5. The fourth-order valence-electron chi connectivity index (χ4n) is 9.43. The van der Waals surface area contributed by atoms with Crippen molar-refractivity contribution in [1.82, 2.24) is 0 Å². The lowest BCUT2D eigenvalue weighted by Crippen LogP contribution is -2.30. The molecule has 0 aliphatic carbocycles. The van der Waals surface area contributed by atoms with Crippen LogP contribution in [0.5, 0.6) is 0 Å². The molecule has 0 heterocycles. The molecule has 472 valence electrons. The molecule has 83 heavy (non-hydrogen) atoms. The predicted octanol–water partition coefficient (Wildman–Crippen LogP) is 24.1. The van der Waals surface area contributed by atoms with Gasteiger partial charge in [-0.1, -0.05) is 289 Å². The van der Waals surface area contributed by atoms with Gasteiger partial charge in [0.15, 0.2) is 6.10 Å². The molecule has 1 atom stereocenters. The minimum absolute atomic E-state index is 0.0970. The third-order valence-corrected chi connectivity index (χ3v) is 14.6. The second-order valence-corrected chi connectivity index (χ2v) is 22.7. The molecule has 0 aromatic rings. The van der Waals surface area contributed by atoms with E-state index >= 15 is 0 Å². The van der Waals surface area contributed by atoms with Crippen LogP contribution in [0.3, 0.4) is 0 Å². The number of hydrogen-bond donors (Lipinski definition) is 0. The fraction of sp³-hybridized carbons (Fsp3) is 0.675. The number of esters is 3. The smallest absolute Gasteiger partial charge is 0.306 e. The molecule has 0 amide bonds. The maximum Gasteiger partial charge on any atom is 0.306 e. The quantitative estimate of drug-likeness (QED) is 0.0261. The van der Waals surface area contributed by atoms with E-state index in [1.165, 1.54) is 161 Å². The van der Waals surface area contributed by atoms with Gasteiger partial charge in [0.05, 0.1) is 0 Å². The van der Waals surface area contributed by atoms with E-state index in [1.54, 1.807) is 0 Å². The highest BCUT2D eigenvalue weighted by atomic mass is 16.6. The molecule has 6 nitrogen and oxygen atoms in total. The minimum atomic E-state index is -0.806. The van der Waals surface area contributed by atoms with Crippen LogP contribution < -0.4 is 0 Å². The summed E-state index contributed by atoms with van der Waals surface area (Å²) < 4.78 is 16.9. The third-order valence-electron chi connectivity index (χ3n) is 14.6. The molecule has 0 aliphatic heterocycles. The van der Waals surface area contributed by atoms with Crippen LogP contribution in [0, 0.1) is 0 Å². The molecular weight excluding hydrogens is 1020 g/mol. The van der Waals surface area contributed by atoms with Gasteiger partial charge in [-0.2, -0.15) is 0 Å². The Bertz CT molecular complexity index is 1750. The average Bonchev–Trinajstić information content (AvgIpc) is 3.50. The van der Waals surface area contributed by atoms with Crippen LogP contribution in [-0.4, -0.2) is 37.2 Å². The molecule has 0 radical (unpaired) electrons. The van der Waals surface area contributed by atoms with E-state index in [1.807, 2.05) is 0 Å². The molecule has 0 aliphatic rings. The molecule has 0 bridgehead atoms. The molecule has 0 aromatic carbocycles. The molecule has 0 fully saturated rings. The van der Waals surface area contributed by atoms with Gasteiger partial charge in [0.2, 0.25) is 0 Å². The molecule has 0 rings (SSSR count). The highest BCUT2D eigenvalue weighted by molar-refractivity contribution is 5.71. The van der Waals surface area contributed by atoms with Crippen molar-refractivity contribution in [2.24, 2.45) is 0 Å². The number of carbonyl (C=O) groups is 3. The zero-order valence-corrected chi connectivity index (χ0v) is 54.2. The van der Waals surface area contributed by atoms with Crippen LogP contribution in [-0.2, 0) is 28.6 Å². The molecule has 0 N–H and O–H groups in total. The zero-order valence-electron chi connectivity index (χ0n) is 54.2. The Hall–Kier alpha value is -4.45. The number of rotatable bonds is 62. The monoisotopic (exact) mass is 1150 g/mol. The lowest BCUT2D eigenvalue weighted by molar-refractivity contribution is -0.167. The Labute approximate surface area is 513 Å². The Morgan fingerprint density at radius 2 is 0.470 bits per heavy atom. The van der Waals surface area contributed by atoms with Gasteiger partial charge in [-0.3, -0.25) is 14.4 Å². The first-order valence-corrected chi connectivity index (χ1v) is 34.7. The van der Waals surface area contributed by atoms with Crippen molar-refractivity contribution in [2.75, 3.05) is 13.2 Å². The van der Waals surface area contributed by atoms with Crippen LogP contribution in [0.25, 0.3) is 0 Å². The molecule has 0 saturated heterocycles. The lowest BCUT2D eigenvalue weighted by atomic mass is 10.1. The average molecular weight is 1150 g/mol. The summed E-state index contributed by atoms with van der Waals surface area (Å²) in [5, 5.41) is 0.